The van der Waals surface area contributed by atoms with Gasteiger partial charge in [-0.3, -0.25) is 10.1 Å². The van der Waals surface area contributed by atoms with Crippen molar-refractivity contribution in [1.82, 2.24) is 5.32 Å². The molecular weight excluding hydrogens is 248 g/mol. The van der Waals surface area contributed by atoms with Gasteiger partial charge >= 0.3 is 6.09 Å². The van der Waals surface area contributed by atoms with Gasteiger partial charge in [-0.05, 0) is 32.4 Å². The number of nitrogens with one attached hydrogen (secondary N) is 1. The number of hydrogen-bond donors (Lipinski definition) is 1. The summed E-state index contributed by atoms with van der Waals surface area (Å²) < 4.78 is 5.10. The van der Waals surface area contributed by atoms with Crippen LogP contribution in [0, 0.1) is 10.1 Å². The fraction of sp³-hybridized carbons (Fsp3) is 0.462. The number of benzene rings is 1. The number of ether oxygens (including phenoxy) is 1. The highest BCUT2D eigenvalue weighted by molar-refractivity contribution is 5.67. The SMILES string of the molecule is CC(C)(C)OC(=O)NCc1cccc(C[N+](=O)[O-])c1. The molecule has 1 rings (SSSR count). The molecule has 0 heterocycles. The third-order valence-corrected chi connectivity index (χ3v) is 2.14. The molecule has 0 radical (unpaired) electrons. The van der Waals surface area contributed by atoms with Crippen LogP contribution in [0.3, 0.4) is 0 Å². The lowest BCUT2D eigenvalue weighted by atomic mass is 10.1. The standard InChI is InChI=1S/C13H18N2O4/c1-13(2,3)19-12(16)14-8-10-5-4-6-11(7-10)9-15(17)18/h4-7H,8-9H2,1-3H3,(H,14,16). The van der Waals surface area contributed by atoms with Gasteiger partial charge in [-0.2, -0.15) is 0 Å². The van der Waals surface area contributed by atoms with E-state index in [0.29, 0.717) is 5.56 Å². The van der Waals surface area contributed by atoms with Crippen LogP contribution < -0.4 is 5.32 Å². The van der Waals surface area contributed by atoms with Crippen molar-refractivity contribution < 1.29 is 14.5 Å². The fourth-order valence-electron chi connectivity index (χ4n) is 1.48. The Kier molecular flexibility index (Phi) is 4.86. The van der Waals surface area contributed by atoms with Crippen molar-refractivity contribution in [2.75, 3.05) is 0 Å². The summed E-state index contributed by atoms with van der Waals surface area (Å²) in [5.41, 5.74) is 0.857. The second kappa shape index (κ2) is 6.17. The minimum absolute atomic E-state index is 0.222. The summed E-state index contributed by atoms with van der Waals surface area (Å²) >= 11 is 0. The molecule has 0 atom stereocenters. The third-order valence-electron chi connectivity index (χ3n) is 2.14. The molecule has 0 saturated heterocycles. The highest BCUT2D eigenvalue weighted by Gasteiger charge is 2.15. The van der Waals surface area contributed by atoms with Gasteiger partial charge in [-0.25, -0.2) is 4.79 Å². The van der Waals surface area contributed by atoms with Gasteiger partial charge in [-0.15, -0.1) is 0 Å². The first-order valence-electron chi connectivity index (χ1n) is 5.93. The lowest BCUT2D eigenvalue weighted by Gasteiger charge is -2.19. The zero-order valence-electron chi connectivity index (χ0n) is 11.3. The molecular formula is C13H18N2O4. The Morgan fingerprint density at radius 1 is 1.37 bits per heavy atom. The van der Waals surface area contributed by atoms with Crippen molar-refractivity contribution in [2.45, 2.75) is 39.5 Å². The molecule has 0 aliphatic rings. The first-order valence-corrected chi connectivity index (χ1v) is 5.93. The van der Waals surface area contributed by atoms with E-state index >= 15 is 0 Å². The Balaban J connectivity index is 2.53. The summed E-state index contributed by atoms with van der Waals surface area (Å²) in [4.78, 5) is 21.5. The van der Waals surface area contributed by atoms with Crippen LogP contribution >= 0.6 is 0 Å². The molecule has 0 fully saturated rings. The largest absolute Gasteiger partial charge is 0.444 e. The third kappa shape index (κ3) is 6.40. The normalized spacial score (nSPS) is 10.9. The molecule has 0 bridgehead atoms. The number of hydrogen-bond acceptors (Lipinski definition) is 4. The average molecular weight is 266 g/mol. The van der Waals surface area contributed by atoms with Crippen LogP contribution in [-0.4, -0.2) is 16.6 Å². The first kappa shape index (κ1) is 14.9. The van der Waals surface area contributed by atoms with E-state index in [9.17, 15) is 14.9 Å². The molecule has 0 aromatic heterocycles. The summed E-state index contributed by atoms with van der Waals surface area (Å²) in [6.07, 6.45) is -0.507. The molecule has 19 heavy (non-hydrogen) atoms. The van der Waals surface area contributed by atoms with Gasteiger partial charge in [0, 0.05) is 17.0 Å². The molecule has 1 N–H and O–H groups in total. The van der Waals surface area contributed by atoms with Crippen LogP contribution in [0.25, 0.3) is 0 Å². The van der Waals surface area contributed by atoms with E-state index in [1.807, 2.05) is 0 Å². The number of amides is 1. The predicted molar refractivity (Wildman–Crippen MR) is 70.2 cm³/mol. The van der Waals surface area contributed by atoms with E-state index in [0.717, 1.165) is 5.56 Å². The minimum atomic E-state index is -0.544. The quantitative estimate of drug-likeness (QED) is 0.670. The smallest absolute Gasteiger partial charge is 0.407 e. The zero-order valence-corrected chi connectivity index (χ0v) is 11.3. The fourth-order valence-corrected chi connectivity index (χ4v) is 1.48. The van der Waals surface area contributed by atoms with Gasteiger partial charge in [0.05, 0.1) is 0 Å². The summed E-state index contributed by atoms with van der Waals surface area (Å²) in [7, 11) is 0. The molecule has 0 aliphatic carbocycles. The zero-order chi connectivity index (χ0) is 14.5. The Hall–Kier alpha value is -2.11. The number of nitro groups is 1. The van der Waals surface area contributed by atoms with Crippen molar-refractivity contribution in [3.63, 3.8) is 0 Å². The Morgan fingerprint density at radius 3 is 2.58 bits per heavy atom. The van der Waals surface area contributed by atoms with Crippen LogP contribution in [0.15, 0.2) is 24.3 Å². The molecule has 104 valence electrons. The van der Waals surface area contributed by atoms with E-state index in [-0.39, 0.29) is 18.0 Å². The maximum atomic E-state index is 11.5. The van der Waals surface area contributed by atoms with E-state index in [4.69, 9.17) is 4.74 Å². The van der Waals surface area contributed by atoms with Crippen molar-refractivity contribution in [1.29, 1.82) is 0 Å². The van der Waals surface area contributed by atoms with Gasteiger partial charge in [-0.1, -0.05) is 18.2 Å². The second-order valence-corrected chi connectivity index (χ2v) is 5.17. The molecule has 1 aromatic rings. The number of carbonyl (C=O) groups is 1. The topological polar surface area (TPSA) is 81.5 Å². The summed E-state index contributed by atoms with van der Waals surface area (Å²) in [5, 5.41) is 13.0. The van der Waals surface area contributed by atoms with Gasteiger partial charge < -0.3 is 10.1 Å². The van der Waals surface area contributed by atoms with Gasteiger partial charge in [0.1, 0.15) is 5.60 Å². The monoisotopic (exact) mass is 266 g/mol. The number of nitrogens with zero attached hydrogens (tertiary/aromatic N) is 1. The Bertz CT molecular complexity index is 466. The van der Waals surface area contributed by atoms with Gasteiger partial charge in [0.2, 0.25) is 6.54 Å². The van der Waals surface area contributed by atoms with Gasteiger partial charge in [0.25, 0.3) is 0 Å². The van der Waals surface area contributed by atoms with Crippen LogP contribution in [-0.2, 0) is 17.8 Å². The molecule has 6 nitrogen and oxygen atoms in total. The van der Waals surface area contributed by atoms with Gasteiger partial charge in [0.15, 0.2) is 0 Å². The van der Waals surface area contributed by atoms with Crippen molar-refractivity contribution >= 4 is 6.09 Å². The van der Waals surface area contributed by atoms with Crippen molar-refractivity contribution in [2.24, 2.45) is 0 Å². The first-order chi connectivity index (χ1) is 8.76. The summed E-state index contributed by atoms with van der Waals surface area (Å²) in [6, 6.07) is 6.89. The highest BCUT2D eigenvalue weighted by atomic mass is 16.6. The van der Waals surface area contributed by atoms with Crippen molar-refractivity contribution in [3.8, 4) is 0 Å². The second-order valence-electron chi connectivity index (χ2n) is 5.17. The molecule has 6 heteroatoms. The molecule has 1 aromatic carbocycles. The number of carbonyl (C=O) groups excluding carboxylic acids is 1. The lowest BCUT2D eigenvalue weighted by Crippen LogP contribution is -2.32. The molecule has 0 spiro atoms. The van der Waals surface area contributed by atoms with E-state index < -0.39 is 11.7 Å². The van der Waals surface area contributed by atoms with E-state index in [2.05, 4.69) is 5.32 Å². The molecule has 0 unspecified atom stereocenters. The van der Waals surface area contributed by atoms with Crippen molar-refractivity contribution in [3.05, 3.63) is 45.5 Å². The maximum Gasteiger partial charge on any atom is 0.407 e. The summed E-state index contributed by atoms with van der Waals surface area (Å²) in [6.45, 7) is 5.40. The molecule has 0 aliphatic heterocycles. The lowest BCUT2D eigenvalue weighted by molar-refractivity contribution is -0.496. The Labute approximate surface area is 111 Å². The molecule has 1 amide bonds. The highest BCUT2D eigenvalue weighted by Crippen LogP contribution is 2.08. The van der Waals surface area contributed by atoms with E-state index in [1.165, 1.54) is 0 Å². The summed E-state index contributed by atoms with van der Waals surface area (Å²) in [5.74, 6) is 0. The molecule has 0 saturated carbocycles. The maximum absolute atomic E-state index is 11.5. The number of rotatable bonds is 4. The minimum Gasteiger partial charge on any atom is -0.444 e. The Morgan fingerprint density at radius 2 is 2.00 bits per heavy atom. The average Bonchev–Trinajstić information content (AvgIpc) is 2.23. The van der Waals surface area contributed by atoms with Crippen LogP contribution in [0.4, 0.5) is 4.79 Å². The predicted octanol–water partition coefficient (Wildman–Crippen LogP) is 2.49. The van der Waals surface area contributed by atoms with Crippen LogP contribution in [0.2, 0.25) is 0 Å². The number of alkyl carbamates (subject to hydrolysis) is 1. The van der Waals surface area contributed by atoms with Crippen LogP contribution in [0.5, 0.6) is 0 Å². The van der Waals surface area contributed by atoms with E-state index in [1.54, 1.807) is 45.0 Å². The van der Waals surface area contributed by atoms with Crippen LogP contribution in [0.1, 0.15) is 31.9 Å².